The van der Waals surface area contributed by atoms with Gasteiger partial charge in [-0.15, -0.1) is 0 Å². The zero-order valence-corrected chi connectivity index (χ0v) is 11.6. The molecular formula is C14H23NO2. The van der Waals surface area contributed by atoms with Crippen LogP contribution in [0.15, 0.2) is 11.3 Å². The predicted octanol–water partition coefficient (Wildman–Crippen LogP) is 2.56. The van der Waals surface area contributed by atoms with Gasteiger partial charge in [0.25, 0.3) is 0 Å². The zero-order chi connectivity index (χ0) is 13.2. The Kier molecular flexibility index (Phi) is 4.12. The summed E-state index contributed by atoms with van der Waals surface area (Å²) in [6, 6.07) is 0. The maximum Gasteiger partial charge on any atom is 0.168 e. The van der Waals surface area contributed by atoms with Crippen LogP contribution in [0.2, 0.25) is 0 Å². The predicted molar refractivity (Wildman–Crippen MR) is 68.7 cm³/mol. The third-order valence-electron chi connectivity index (χ3n) is 3.15. The Labute approximate surface area is 104 Å². The monoisotopic (exact) mass is 237 g/mol. The van der Waals surface area contributed by atoms with E-state index in [-0.39, 0.29) is 17.0 Å². The van der Waals surface area contributed by atoms with Crippen molar-refractivity contribution in [2.24, 2.45) is 5.41 Å². The first-order valence-electron chi connectivity index (χ1n) is 6.25. The van der Waals surface area contributed by atoms with Gasteiger partial charge in [0.15, 0.2) is 11.6 Å². The van der Waals surface area contributed by atoms with Gasteiger partial charge < -0.3 is 4.90 Å². The number of rotatable bonds is 3. The minimum atomic E-state index is -0.179. The summed E-state index contributed by atoms with van der Waals surface area (Å²) in [5.41, 5.74) is 1.18. The van der Waals surface area contributed by atoms with Crippen LogP contribution in [0.3, 0.4) is 0 Å². The third-order valence-corrected chi connectivity index (χ3v) is 3.15. The van der Waals surface area contributed by atoms with Crippen molar-refractivity contribution in [2.45, 2.75) is 46.5 Å². The summed E-state index contributed by atoms with van der Waals surface area (Å²) in [7, 11) is 3.80. The third kappa shape index (κ3) is 3.18. The van der Waals surface area contributed by atoms with Gasteiger partial charge in [-0.3, -0.25) is 9.59 Å². The smallest absolute Gasteiger partial charge is 0.168 e. The molecule has 1 rings (SSSR count). The van der Waals surface area contributed by atoms with Crippen molar-refractivity contribution in [3.8, 4) is 0 Å². The molecule has 0 radical (unpaired) electrons. The fraction of sp³-hybridized carbons (Fsp3) is 0.714. The van der Waals surface area contributed by atoms with Crippen LogP contribution in [0.25, 0.3) is 0 Å². The molecule has 0 amide bonds. The highest BCUT2D eigenvalue weighted by atomic mass is 16.2. The molecule has 0 bridgehead atoms. The Bertz CT molecular complexity index is 342. The van der Waals surface area contributed by atoms with Crippen LogP contribution in [-0.4, -0.2) is 30.6 Å². The summed E-state index contributed by atoms with van der Waals surface area (Å²) in [5.74, 6) is 0.0341. The summed E-state index contributed by atoms with van der Waals surface area (Å²) in [6.45, 7) is 6.02. The van der Waals surface area contributed by atoms with E-state index in [1.54, 1.807) is 0 Å². The molecule has 0 spiro atoms. The summed E-state index contributed by atoms with van der Waals surface area (Å²) in [6.07, 6.45) is 2.70. The van der Waals surface area contributed by atoms with E-state index in [1.165, 1.54) is 0 Å². The molecule has 0 unspecified atom stereocenters. The number of allylic oxidation sites excluding steroid dienone is 2. The van der Waals surface area contributed by atoms with E-state index < -0.39 is 0 Å². The van der Waals surface area contributed by atoms with Gasteiger partial charge in [-0.05, 0) is 11.8 Å². The van der Waals surface area contributed by atoms with Gasteiger partial charge in [0, 0.05) is 32.6 Å². The van der Waals surface area contributed by atoms with Crippen LogP contribution in [0.1, 0.15) is 46.5 Å². The molecule has 1 saturated carbocycles. The van der Waals surface area contributed by atoms with Gasteiger partial charge in [-0.1, -0.05) is 27.2 Å². The molecule has 1 aliphatic carbocycles. The summed E-state index contributed by atoms with van der Waals surface area (Å²) in [5, 5.41) is 0. The van der Waals surface area contributed by atoms with Crippen molar-refractivity contribution in [3.05, 3.63) is 11.3 Å². The molecule has 3 nitrogen and oxygen atoms in total. The number of Topliss-reactive ketones (excluding diaryl/α,β-unsaturated/α-hetero) is 2. The van der Waals surface area contributed by atoms with Crippen molar-refractivity contribution in [2.75, 3.05) is 14.1 Å². The lowest BCUT2D eigenvalue weighted by molar-refractivity contribution is -0.127. The number of carbonyl (C=O) groups is 2. The molecule has 0 heterocycles. The van der Waals surface area contributed by atoms with Gasteiger partial charge in [0.2, 0.25) is 0 Å². The maximum absolute atomic E-state index is 12.1. The highest BCUT2D eigenvalue weighted by molar-refractivity contribution is 6.22. The number of hydrogen-bond acceptors (Lipinski definition) is 3. The van der Waals surface area contributed by atoms with E-state index in [9.17, 15) is 9.59 Å². The minimum Gasteiger partial charge on any atom is -0.380 e. The molecule has 0 N–H and O–H groups in total. The van der Waals surface area contributed by atoms with Crippen LogP contribution in [0.5, 0.6) is 0 Å². The molecule has 1 fully saturated rings. The van der Waals surface area contributed by atoms with Crippen LogP contribution >= 0.6 is 0 Å². The van der Waals surface area contributed by atoms with E-state index in [4.69, 9.17) is 0 Å². The topological polar surface area (TPSA) is 37.4 Å². The molecule has 3 heteroatoms. The minimum absolute atomic E-state index is 0.0170. The normalized spacial score (nSPS) is 19.5. The van der Waals surface area contributed by atoms with Crippen LogP contribution in [0.4, 0.5) is 0 Å². The van der Waals surface area contributed by atoms with Crippen molar-refractivity contribution < 1.29 is 9.59 Å². The van der Waals surface area contributed by atoms with E-state index in [2.05, 4.69) is 6.92 Å². The molecule has 1 aliphatic rings. The van der Waals surface area contributed by atoms with E-state index in [0.717, 1.165) is 18.5 Å². The molecule has 0 aliphatic heterocycles. The van der Waals surface area contributed by atoms with Crippen molar-refractivity contribution in [1.29, 1.82) is 0 Å². The Balaban J connectivity index is 3.15. The molecule has 0 aromatic rings. The van der Waals surface area contributed by atoms with Gasteiger partial charge >= 0.3 is 0 Å². The first kappa shape index (κ1) is 13.9. The largest absolute Gasteiger partial charge is 0.380 e. The first-order valence-corrected chi connectivity index (χ1v) is 6.25. The van der Waals surface area contributed by atoms with Gasteiger partial charge in [0.1, 0.15) is 0 Å². The Hall–Kier alpha value is -1.12. The van der Waals surface area contributed by atoms with E-state index >= 15 is 0 Å². The fourth-order valence-corrected chi connectivity index (χ4v) is 2.39. The lowest BCUT2D eigenvalue weighted by Crippen LogP contribution is -2.34. The van der Waals surface area contributed by atoms with Gasteiger partial charge in [0.05, 0.1) is 5.57 Å². The summed E-state index contributed by atoms with van der Waals surface area (Å²) < 4.78 is 0. The molecule has 17 heavy (non-hydrogen) atoms. The fourth-order valence-electron chi connectivity index (χ4n) is 2.39. The summed E-state index contributed by atoms with van der Waals surface area (Å²) >= 11 is 0. The highest BCUT2D eigenvalue weighted by Crippen LogP contribution is 2.35. The molecule has 0 aromatic heterocycles. The van der Waals surface area contributed by atoms with Crippen molar-refractivity contribution >= 4 is 11.6 Å². The standard InChI is InChI=1S/C14H23NO2/c1-6-7-10(15(4)5)13-11(16)8-14(2,3)9-12(13)17/h6-9H2,1-5H3. The van der Waals surface area contributed by atoms with E-state index in [0.29, 0.717) is 18.4 Å². The maximum atomic E-state index is 12.1. The second-order valence-electron chi connectivity index (χ2n) is 5.83. The van der Waals surface area contributed by atoms with Gasteiger partial charge in [-0.25, -0.2) is 0 Å². The number of carbonyl (C=O) groups excluding carboxylic acids is 2. The molecular weight excluding hydrogens is 214 g/mol. The summed E-state index contributed by atoms with van der Waals surface area (Å²) in [4.78, 5) is 26.2. The lowest BCUT2D eigenvalue weighted by Gasteiger charge is -2.31. The van der Waals surface area contributed by atoms with Crippen molar-refractivity contribution in [3.63, 3.8) is 0 Å². The zero-order valence-electron chi connectivity index (χ0n) is 11.6. The first-order chi connectivity index (χ1) is 7.78. The van der Waals surface area contributed by atoms with Crippen LogP contribution in [-0.2, 0) is 9.59 Å². The number of ketones is 2. The van der Waals surface area contributed by atoms with Crippen molar-refractivity contribution in [1.82, 2.24) is 4.90 Å². The SMILES string of the molecule is CCCC(=C1C(=O)CC(C)(C)CC1=O)N(C)C. The Morgan fingerprint density at radius 2 is 1.65 bits per heavy atom. The van der Waals surface area contributed by atoms with Crippen LogP contribution < -0.4 is 0 Å². The average Bonchev–Trinajstić information content (AvgIpc) is 2.12. The van der Waals surface area contributed by atoms with E-state index in [1.807, 2.05) is 32.8 Å². The molecule has 0 aromatic carbocycles. The lowest BCUT2D eigenvalue weighted by atomic mass is 9.73. The Morgan fingerprint density at radius 1 is 1.18 bits per heavy atom. The molecule has 96 valence electrons. The second kappa shape index (κ2) is 5.03. The second-order valence-corrected chi connectivity index (χ2v) is 5.83. The van der Waals surface area contributed by atoms with Gasteiger partial charge in [-0.2, -0.15) is 0 Å². The Morgan fingerprint density at radius 3 is 2.00 bits per heavy atom. The molecule has 0 atom stereocenters. The molecule has 0 saturated heterocycles. The number of hydrogen-bond donors (Lipinski definition) is 0. The quantitative estimate of drug-likeness (QED) is 0.559. The average molecular weight is 237 g/mol. The highest BCUT2D eigenvalue weighted by Gasteiger charge is 2.37. The number of nitrogens with zero attached hydrogens (tertiary/aromatic N) is 1. The van der Waals surface area contributed by atoms with Crippen LogP contribution in [0, 0.1) is 5.41 Å².